The summed E-state index contributed by atoms with van der Waals surface area (Å²) in [5, 5.41) is 2.31. The molecular formula is C16H23N3OS2. The maximum Gasteiger partial charge on any atom is 0.155 e. The first-order valence-electron chi connectivity index (χ1n) is 7.27. The van der Waals surface area contributed by atoms with Crippen molar-refractivity contribution in [2.24, 2.45) is 5.73 Å². The van der Waals surface area contributed by atoms with E-state index in [0.29, 0.717) is 0 Å². The molecule has 0 saturated heterocycles. The Hall–Kier alpha value is -1.08. The predicted molar refractivity (Wildman–Crippen MR) is 101 cm³/mol. The number of anilines is 1. The van der Waals surface area contributed by atoms with Gasteiger partial charge in [-0.2, -0.15) is 5.48 Å². The fraction of sp³-hybridized carbons (Fsp3) is 0.375. The summed E-state index contributed by atoms with van der Waals surface area (Å²) >= 11 is 0. The minimum absolute atomic E-state index is 0.728. The van der Waals surface area contributed by atoms with Crippen LogP contribution in [-0.2, 0) is 0 Å². The molecule has 0 aliphatic carbocycles. The van der Waals surface area contributed by atoms with Crippen LogP contribution in [0.5, 0.6) is 5.75 Å². The van der Waals surface area contributed by atoms with Crippen LogP contribution in [0.2, 0.25) is 0 Å². The van der Waals surface area contributed by atoms with Crippen LogP contribution in [0.25, 0.3) is 10.8 Å². The molecule has 6 heteroatoms. The summed E-state index contributed by atoms with van der Waals surface area (Å²) in [6.45, 7) is 1.53. The Morgan fingerprint density at radius 2 is 1.77 bits per heavy atom. The van der Waals surface area contributed by atoms with Crippen molar-refractivity contribution >= 4 is 38.0 Å². The number of hydrogen-bond acceptors (Lipinski definition) is 6. The Morgan fingerprint density at radius 1 is 1.05 bits per heavy atom. The third-order valence-electron chi connectivity index (χ3n) is 3.09. The maximum absolute atomic E-state index is 5.74. The molecule has 22 heavy (non-hydrogen) atoms. The first kappa shape index (κ1) is 17.3. The van der Waals surface area contributed by atoms with Crippen molar-refractivity contribution in [3.05, 3.63) is 36.4 Å². The number of rotatable bonds is 9. The van der Waals surface area contributed by atoms with Crippen LogP contribution in [0.15, 0.2) is 36.4 Å². The van der Waals surface area contributed by atoms with Gasteiger partial charge in [0.2, 0.25) is 0 Å². The lowest BCUT2D eigenvalue weighted by atomic mass is 10.1. The van der Waals surface area contributed by atoms with E-state index in [2.05, 4.69) is 48.7 Å². The van der Waals surface area contributed by atoms with Gasteiger partial charge < -0.3 is 15.5 Å². The quantitative estimate of drug-likeness (QED) is 0.416. The molecule has 3 N–H and O–H groups in total. The van der Waals surface area contributed by atoms with Gasteiger partial charge in [-0.1, -0.05) is 45.9 Å². The molecule has 0 heterocycles. The van der Waals surface area contributed by atoms with E-state index in [1.807, 2.05) is 22.9 Å². The fourth-order valence-corrected chi connectivity index (χ4v) is 3.87. The van der Waals surface area contributed by atoms with Crippen LogP contribution in [0, 0.1) is 0 Å². The van der Waals surface area contributed by atoms with Crippen molar-refractivity contribution in [3.63, 3.8) is 0 Å². The standard InChI is InChI=1S/C16H23N3OS2/c1-19(2)15-7-3-6-14-13(15)5-4-8-16(14)20-18-10-12-22-21-11-9-17/h3-8,18H,9-12,17H2,1-2H3. The van der Waals surface area contributed by atoms with Crippen molar-refractivity contribution < 1.29 is 4.84 Å². The normalized spacial score (nSPS) is 10.9. The molecule has 0 aliphatic heterocycles. The zero-order valence-electron chi connectivity index (χ0n) is 13.0. The molecule has 0 unspecified atom stereocenters. The Kier molecular flexibility index (Phi) is 7.18. The third kappa shape index (κ3) is 4.71. The van der Waals surface area contributed by atoms with E-state index >= 15 is 0 Å². The van der Waals surface area contributed by atoms with Gasteiger partial charge in [-0.05, 0) is 12.1 Å². The van der Waals surface area contributed by atoms with Gasteiger partial charge in [-0.25, -0.2) is 0 Å². The van der Waals surface area contributed by atoms with Crippen molar-refractivity contribution in [1.29, 1.82) is 0 Å². The number of fused-ring (bicyclic) bond motifs is 1. The Labute approximate surface area is 140 Å². The summed E-state index contributed by atoms with van der Waals surface area (Å²) < 4.78 is 0. The van der Waals surface area contributed by atoms with Gasteiger partial charge in [-0.3, -0.25) is 0 Å². The maximum atomic E-state index is 5.74. The monoisotopic (exact) mass is 337 g/mol. The smallest absolute Gasteiger partial charge is 0.155 e. The van der Waals surface area contributed by atoms with E-state index in [-0.39, 0.29) is 0 Å². The van der Waals surface area contributed by atoms with Crippen LogP contribution in [0.4, 0.5) is 5.69 Å². The van der Waals surface area contributed by atoms with Gasteiger partial charge in [0.1, 0.15) is 0 Å². The number of benzene rings is 2. The lowest BCUT2D eigenvalue weighted by molar-refractivity contribution is 0.206. The second-order valence-corrected chi connectivity index (χ2v) is 7.65. The van der Waals surface area contributed by atoms with Crippen molar-refractivity contribution in [3.8, 4) is 5.75 Å². The molecule has 2 aromatic carbocycles. The topological polar surface area (TPSA) is 50.5 Å². The SMILES string of the molecule is CN(C)c1cccc2c(ONCCSSCCN)cccc12. The molecule has 0 radical (unpaired) electrons. The molecule has 0 amide bonds. The van der Waals surface area contributed by atoms with Gasteiger partial charge in [0.15, 0.2) is 5.75 Å². The zero-order chi connectivity index (χ0) is 15.8. The summed E-state index contributed by atoms with van der Waals surface area (Å²) in [6, 6.07) is 12.4. The molecule has 2 rings (SSSR count). The zero-order valence-corrected chi connectivity index (χ0v) is 14.7. The van der Waals surface area contributed by atoms with Gasteiger partial charge in [0.25, 0.3) is 0 Å². The lowest BCUT2D eigenvalue weighted by Gasteiger charge is -2.17. The molecule has 0 fully saturated rings. The van der Waals surface area contributed by atoms with Gasteiger partial charge in [-0.15, -0.1) is 0 Å². The summed E-state index contributed by atoms with van der Waals surface area (Å²) in [5.74, 6) is 2.83. The molecule has 4 nitrogen and oxygen atoms in total. The molecule has 0 aliphatic rings. The van der Waals surface area contributed by atoms with Crippen LogP contribution in [0.3, 0.4) is 0 Å². The van der Waals surface area contributed by atoms with Gasteiger partial charge >= 0.3 is 0 Å². The minimum Gasteiger partial charge on any atom is -0.408 e. The van der Waals surface area contributed by atoms with E-state index < -0.39 is 0 Å². The van der Waals surface area contributed by atoms with Gasteiger partial charge in [0.05, 0.1) is 0 Å². The number of nitrogens with two attached hydrogens (primary N) is 1. The molecule has 0 saturated carbocycles. The highest BCUT2D eigenvalue weighted by atomic mass is 33.1. The fourth-order valence-electron chi connectivity index (χ4n) is 2.12. The van der Waals surface area contributed by atoms with Crippen LogP contribution < -0.4 is 21.0 Å². The first-order valence-corrected chi connectivity index (χ1v) is 9.76. The van der Waals surface area contributed by atoms with Crippen molar-refractivity contribution in [2.75, 3.05) is 43.6 Å². The second-order valence-electron chi connectivity index (χ2n) is 4.95. The van der Waals surface area contributed by atoms with E-state index in [9.17, 15) is 0 Å². The predicted octanol–water partition coefficient (Wildman–Crippen LogP) is 3.13. The summed E-state index contributed by atoms with van der Waals surface area (Å²) in [5.41, 5.74) is 9.69. The largest absolute Gasteiger partial charge is 0.408 e. The van der Waals surface area contributed by atoms with Crippen molar-refractivity contribution in [2.45, 2.75) is 0 Å². The van der Waals surface area contributed by atoms with Crippen LogP contribution in [-0.4, -0.2) is 38.7 Å². The molecule has 120 valence electrons. The molecule has 2 aromatic rings. The summed E-state index contributed by atoms with van der Waals surface area (Å²) in [6.07, 6.45) is 0. The van der Waals surface area contributed by atoms with Gasteiger partial charge in [0, 0.05) is 55.2 Å². The summed E-state index contributed by atoms with van der Waals surface area (Å²) in [4.78, 5) is 7.86. The first-order chi connectivity index (χ1) is 10.7. The Bertz CT molecular complexity index is 593. The van der Waals surface area contributed by atoms with Crippen LogP contribution >= 0.6 is 21.6 Å². The molecule has 0 atom stereocenters. The van der Waals surface area contributed by atoms with E-state index in [0.717, 1.165) is 35.7 Å². The minimum atomic E-state index is 0.728. The highest BCUT2D eigenvalue weighted by Crippen LogP contribution is 2.31. The van der Waals surface area contributed by atoms with E-state index in [1.54, 1.807) is 10.8 Å². The average Bonchev–Trinajstić information content (AvgIpc) is 2.53. The molecular weight excluding hydrogens is 314 g/mol. The molecule has 0 bridgehead atoms. The Morgan fingerprint density at radius 3 is 2.55 bits per heavy atom. The summed E-state index contributed by atoms with van der Waals surface area (Å²) in [7, 11) is 7.71. The lowest BCUT2D eigenvalue weighted by Crippen LogP contribution is -2.21. The van der Waals surface area contributed by atoms with Crippen molar-refractivity contribution in [1.82, 2.24) is 5.48 Å². The number of nitrogens with zero attached hydrogens (tertiary/aromatic N) is 1. The Balaban J connectivity index is 1.96. The number of hydroxylamine groups is 1. The third-order valence-corrected chi connectivity index (χ3v) is 5.53. The van der Waals surface area contributed by atoms with E-state index in [1.165, 1.54) is 11.1 Å². The second kappa shape index (κ2) is 9.15. The average molecular weight is 338 g/mol. The van der Waals surface area contributed by atoms with Crippen LogP contribution in [0.1, 0.15) is 0 Å². The number of hydrogen-bond donors (Lipinski definition) is 2. The molecule has 0 aromatic heterocycles. The highest BCUT2D eigenvalue weighted by Gasteiger charge is 2.07. The number of nitrogens with one attached hydrogen (secondary N) is 1. The molecule has 0 spiro atoms. The highest BCUT2D eigenvalue weighted by molar-refractivity contribution is 8.76. The van der Waals surface area contributed by atoms with E-state index in [4.69, 9.17) is 10.6 Å².